The molecule has 2 aromatic rings. The number of aromatic nitrogens is 1. The van der Waals surface area contributed by atoms with E-state index in [2.05, 4.69) is 15.0 Å². The average Bonchev–Trinajstić information content (AvgIpc) is 2.84. The van der Waals surface area contributed by atoms with Crippen molar-refractivity contribution in [2.24, 2.45) is 0 Å². The standard InChI is InChI=1S/C15H14F2N2O/c16-15(17)20-13-6-2-1-5-11(13)19-12-8-7-10-4-3-9-18-14(10)12/h1-6,9,12,15,19H,7-8H2. The minimum Gasteiger partial charge on any atom is -0.433 e. The normalized spacial score (nSPS) is 17.1. The van der Waals surface area contributed by atoms with Crippen molar-refractivity contribution >= 4 is 5.69 Å². The molecule has 1 N–H and O–H groups in total. The van der Waals surface area contributed by atoms with Gasteiger partial charge in [-0.1, -0.05) is 18.2 Å². The van der Waals surface area contributed by atoms with Gasteiger partial charge in [0.15, 0.2) is 0 Å². The van der Waals surface area contributed by atoms with Crippen LogP contribution in [0.5, 0.6) is 5.75 Å². The number of nitrogens with one attached hydrogen (secondary N) is 1. The van der Waals surface area contributed by atoms with Gasteiger partial charge in [0.1, 0.15) is 5.75 Å². The van der Waals surface area contributed by atoms with Gasteiger partial charge in [0.25, 0.3) is 0 Å². The van der Waals surface area contributed by atoms with Crippen LogP contribution in [0.25, 0.3) is 0 Å². The summed E-state index contributed by atoms with van der Waals surface area (Å²) in [6.45, 7) is -2.83. The fourth-order valence-corrected chi connectivity index (χ4v) is 2.53. The summed E-state index contributed by atoms with van der Waals surface area (Å²) in [5.41, 5.74) is 2.76. The predicted molar refractivity (Wildman–Crippen MR) is 72.0 cm³/mol. The molecule has 1 aromatic heterocycles. The number of nitrogens with zero attached hydrogens (tertiary/aromatic N) is 1. The molecule has 5 heteroatoms. The van der Waals surface area contributed by atoms with E-state index in [0.29, 0.717) is 5.69 Å². The molecular weight excluding hydrogens is 262 g/mol. The van der Waals surface area contributed by atoms with E-state index in [9.17, 15) is 8.78 Å². The summed E-state index contributed by atoms with van der Waals surface area (Å²) in [4.78, 5) is 4.38. The van der Waals surface area contributed by atoms with E-state index in [4.69, 9.17) is 0 Å². The Hall–Kier alpha value is -2.17. The number of halogens is 2. The molecule has 1 aliphatic rings. The molecule has 0 saturated carbocycles. The van der Waals surface area contributed by atoms with Crippen LogP contribution in [0.3, 0.4) is 0 Å². The highest BCUT2D eigenvalue weighted by Crippen LogP contribution is 2.35. The Morgan fingerprint density at radius 1 is 1.20 bits per heavy atom. The Bertz CT molecular complexity index is 604. The number of hydrogen-bond donors (Lipinski definition) is 1. The second-order valence-electron chi connectivity index (χ2n) is 4.66. The summed E-state index contributed by atoms with van der Waals surface area (Å²) in [7, 11) is 0. The predicted octanol–water partition coefficient (Wildman–Crippen LogP) is 3.78. The van der Waals surface area contributed by atoms with Gasteiger partial charge in [-0.05, 0) is 36.6 Å². The molecule has 0 amide bonds. The minimum absolute atomic E-state index is 0.0358. The summed E-state index contributed by atoms with van der Waals surface area (Å²) < 4.78 is 29.3. The van der Waals surface area contributed by atoms with Crippen LogP contribution in [0.15, 0.2) is 42.6 Å². The van der Waals surface area contributed by atoms with Crippen LogP contribution in [0, 0.1) is 0 Å². The van der Waals surface area contributed by atoms with Crippen molar-refractivity contribution in [3.8, 4) is 5.75 Å². The SMILES string of the molecule is FC(F)Oc1ccccc1NC1CCc2cccnc21. The molecule has 0 saturated heterocycles. The number of rotatable bonds is 4. The number of para-hydroxylation sites is 2. The largest absolute Gasteiger partial charge is 0.433 e. The average molecular weight is 276 g/mol. The van der Waals surface area contributed by atoms with Crippen molar-refractivity contribution in [1.82, 2.24) is 4.98 Å². The van der Waals surface area contributed by atoms with Crippen LogP contribution in [0.4, 0.5) is 14.5 Å². The van der Waals surface area contributed by atoms with Crippen molar-refractivity contribution in [3.63, 3.8) is 0 Å². The maximum Gasteiger partial charge on any atom is 0.387 e. The van der Waals surface area contributed by atoms with Gasteiger partial charge in [0.05, 0.1) is 17.4 Å². The van der Waals surface area contributed by atoms with Gasteiger partial charge in [-0.2, -0.15) is 8.78 Å². The van der Waals surface area contributed by atoms with E-state index in [0.717, 1.165) is 18.5 Å². The zero-order chi connectivity index (χ0) is 13.9. The van der Waals surface area contributed by atoms with E-state index in [1.54, 1.807) is 24.4 Å². The van der Waals surface area contributed by atoms with Gasteiger partial charge in [-0.25, -0.2) is 0 Å². The molecule has 20 heavy (non-hydrogen) atoms. The van der Waals surface area contributed by atoms with Crippen molar-refractivity contribution < 1.29 is 13.5 Å². The van der Waals surface area contributed by atoms with Crippen molar-refractivity contribution in [2.45, 2.75) is 25.5 Å². The lowest BCUT2D eigenvalue weighted by Gasteiger charge is -2.17. The molecular formula is C15H14F2N2O. The molecule has 1 atom stereocenters. The zero-order valence-corrected chi connectivity index (χ0v) is 10.7. The van der Waals surface area contributed by atoms with Crippen LogP contribution in [0.2, 0.25) is 0 Å². The molecule has 3 rings (SSSR count). The van der Waals surface area contributed by atoms with Crippen molar-refractivity contribution in [1.29, 1.82) is 0 Å². The Kier molecular flexibility index (Phi) is 3.50. The third kappa shape index (κ3) is 2.57. The van der Waals surface area contributed by atoms with Gasteiger partial charge in [-0.15, -0.1) is 0 Å². The molecule has 1 heterocycles. The fourth-order valence-electron chi connectivity index (χ4n) is 2.53. The Balaban J connectivity index is 1.82. The van der Waals surface area contributed by atoms with E-state index in [1.165, 1.54) is 11.6 Å². The Morgan fingerprint density at radius 2 is 2.05 bits per heavy atom. The molecule has 0 aliphatic heterocycles. The first-order valence-electron chi connectivity index (χ1n) is 6.48. The number of ether oxygens (including phenoxy) is 1. The molecule has 0 spiro atoms. The summed E-state index contributed by atoms with van der Waals surface area (Å²) in [5, 5.41) is 3.25. The highest BCUT2D eigenvalue weighted by atomic mass is 19.3. The number of pyridine rings is 1. The van der Waals surface area contributed by atoms with Crippen LogP contribution in [-0.2, 0) is 6.42 Å². The maximum atomic E-state index is 12.4. The number of hydrogen-bond acceptors (Lipinski definition) is 3. The monoisotopic (exact) mass is 276 g/mol. The lowest BCUT2D eigenvalue weighted by atomic mass is 10.2. The number of fused-ring (bicyclic) bond motifs is 1. The summed E-state index contributed by atoms with van der Waals surface area (Å²) in [6, 6.07) is 10.7. The van der Waals surface area contributed by atoms with Crippen molar-refractivity contribution in [3.05, 3.63) is 53.9 Å². The van der Waals surface area contributed by atoms with Crippen LogP contribution in [0.1, 0.15) is 23.7 Å². The smallest absolute Gasteiger partial charge is 0.387 e. The van der Waals surface area contributed by atoms with E-state index in [1.807, 2.05) is 12.1 Å². The van der Waals surface area contributed by atoms with Gasteiger partial charge >= 0.3 is 6.61 Å². The zero-order valence-electron chi connectivity index (χ0n) is 10.7. The third-order valence-electron chi connectivity index (χ3n) is 3.39. The topological polar surface area (TPSA) is 34.1 Å². The first-order chi connectivity index (χ1) is 9.74. The van der Waals surface area contributed by atoms with E-state index >= 15 is 0 Å². The molecule has 3 nitrogen and oxygen atoms in total. The molecule has 0 fully saturated rings. The molecule has 0 radical (unpaired) electrons. The molecule has 104 valence electrons. The summed E-state index contributed by atoms with van der Waals surface area (Å²) in [6.07, 6.45) is 3.59. The second kappa shape index (κ2) is 5.45. The number of anilines is 1. The molecule has 1 aromatic carbocycles. The Morgan fingerprint density at radius 3 is 2.90 bits per heavy atom. The first kappa shape index (κ1) is 12.8. The highest BCUT2D eigenvalue weighted by molar-refractivity contribution is 5.57. The van der Waals surface area contributed by atoms with Gasteiger partial charge < -0.3 is 10.1 Å². The quantitative estimate of drug-likeness (QED) is 0.922. The van der Waals surface area contributed by atoms with Gasteiger partial charge in [-0.3, -0.25) is 4.98 Å². The number of aryl methyl sites for hydroxylation is 1. The van der Waals surface area contributed by atoms with Gasteiger partial charge in [0.2, 0.25) is 0 Å². The second-order valence-corrected chi connectivity index (χ2v) is 4.66. The van der Waals surface area contributed by atoms with Crippen LogP contribution >= 0.6 is 0 Å². The number of benzene rings is 1. The minimum atomic E-state index is -2.83. The lowest BCUT2D eigenvalue weighted by Crippen LogP contribution is -2.11. The lowest BCUT2D eigenvalue weighted by molar-refractivity contribution is -0.0493. The van der Waals surface area contributed by atoms with Gasteiger partial charge in [0, 0.05) is 6.20 Å². The first-order valence-corrected chi connectivity index (χ1v) is 6.48. The third-order valence-corrected chi connectivity index (χ3v) is 3.39. The summed E-state index contributed by atoms with van der Waals surface area (Å²) in [5.74, 6) is 0.159. The Labute approximate surface area is 115 Å². The van der Waals surface area contributed by atoms with Crippen LogP contribution < -0.4 is 10.1 Å². The van der Waals surface area contributed by atoms with Crippen molar-refractivity contribution in [2.75, 3.05) is 5.32 Å². The highest BCUT2D eigenvalue weighted by Gasteiger charge is 2.24. The molecule has 1 unspecified atom stereocenters. The number of alkyl halides is 2. The maximum absolute atomic E-state index is 12.4. The fraction of sp³-hybridized carbons (Fsp3) is 0.267. The summed E-state index contributed by atoms with van der Waals surface area (Å²) >= 11 is 0. The van der Waals surface area contributed by atoms with E-state index < -0.39 is 6.61 Å². The van der Waals surface area contributed by atoms with E-state index in [-0.39, 0.29) is 11.8 Å². The molecule has 1 aliphatic carbocycles. The van der Waals surface area contributed by atoms with Crippen LogP contribution in [-0.4, -0.2) is 11.6 Å². The molecule has 0 bridgehead atoms.